The standard InChI is InChI=1S/C13H10IN3O6/c1-23-9-5-6(4-7(14)11(9)18)2-3-8-10(17(21)22)12(19)16-13(20)15-8/h2-5,18H,1H3,(H2,15,16,19,20)/b3-2-. The lowest BCUT2D eigenvalue weighted by molar-refractivity contribution is -0.386. The smallest absolute Gasteiger partial charge is 0.357 e. The highest BCUT2D eigenvalue weighted by Crippen LogP contribution is 2.33. The average Bonchev–Trinajstić information content (AvgIpc) is 2.47. The molecule has 0 fully saturated rings. The molecular formula is C13H10IN3O6. The highest BCUT2D eigenvalue weighted by atomic mass is 127. The highest BCUT2D eigenvalue weighted by molar-refractivity contribution is 14.1. The number of benzene rings is 1. The molecule has 1 aromatic carbocycles. The third kappa shape index (κ3) is 3.59. The van der Waals surface area contributed by atoms with Gasteiger partial charge in [0, 0.05) is 0 Å². The molecule has 120 valence electrons. The van der Waals surface area contributed by atoms with Crippen molar-refractivity contribution in [2.24, 2.45) is 0 Å². The lowest BCUT2D eigenvalue weighted by Gasteiger charge is -2.06. The van der Waals surface area contributed by atoms with E-state index in [0.29, 0.717) is 9.13 Å². The van der Waals surface area contributed by atoms with Gasteiger partial charge in [-0.25, -0.2) is 4.79 Å². The van der Waals surface area contributed by atoms with E-state index >= 15 is 0 Å². The first-order valence-corrected chi connectivity index (χ1v) is 7.17. The Bertz CT molecular complexity index is 915. The van der Waals surface area contributed by atoms with Gasteiger partial charge in [-0.3, -0.25) is 19.9 Å². The van der Waals surface area contributed by atoms with E-state index in [4.69, 9.17) is 4.74 Å². The van der Waals surface area contributed by atoms with Gasteiger partial charge in [-0.15, -0.1) is 0 Å². The second kappa shape index (κ2) is 6.64. The summed E-state index contributed by atoms with van der Waals surface area (Å²) in [6.07, 6.45) is 2.68. The predicted molar refractivity (Wildman–Crippen MR) is 90.6 cm³/mol. The second-order valence-corrected chi connectivity index (χ2v) is 5.48. The summed E-state index contributed by atoms with van der Waals surface area (Å²) in [7, 11) is 1.39. The Morgan fingerprint density at radius 1 is 1.30 bits per heavy atom. The summed E-state index contributed by atoms with van der Waals surface area (Å²) >= 11 is 1.90. The van der Waals surface area contributed by atoms with E-state index in [2.05, 4.69) is 4.98 Å². The van der Waals surface area contributed by atoms with Crippen molar-refractivity contribution < 1.29 is 14.8 Å². The molecule has 1 aromatic heterocycles. The molecule has 10 heteroatoms. The zero-order valence-corrected chi connectivity index (χ0v) is 13.8. The number of aromatic hydroxyl groups is 1. The van der Waals surface area contributed by atoms with E-state index in [0.717, 1.165) is 0 Å². The van der Waals surface area contributed by atoms with Crippen molar-refractivity contribution in [2.45, 2.75) is 0 Å². The fraction of sp³-hybridized carbons (Fsp3) is 0.0769. The summed E-state index contributed by atoms with van der Waals surface area (Å²) < 4.78 is 5.52. The molecule has 0 aliphatic rings. The number of hydrogen-bond donors (Lipinski definition) is 3. The molecule has 0 saturated heterocycles. The van der Waals surface area contributed by atoms with E-state index in [1.807, 2.05) is 22.6 Å². The van der Waals surface area contributed by atoms with Gasteiger partial charge < -0.3 is 14.8 Å². The number of aromatic amines is 2. The summed E-state index contributed by atoms with van der Waals surface area (Å²) in [5.41, 5.74) is -2.37. The lowest BCUT2D eigenvalue weighted by atomic mass is 10.1. The average molecular weight is 431 g/mol. The number of rotatable bonds is 4. The van der Waals surface area contributed by atoms with Crippen LogP contribution in [0.2, 0.25) is 0 Å². The molecule has 2 rings (SSSR count). The van der Waals surface area contributed by atoms with E-state index < -0.39 is 21.9 Å². The van der Waals surface area contributed by atoms with Gasteiger partial charge in [0.15, 0.2) is 11.5 Å². The number of ether oxygens (including phenoxy) is 1. The zero-order chi connectivity index (χ0) is 17.1. The number of nitro groups is 1. The molecule has 3 N–H and O–H groups in total. The molecule has 0 unspecified atom stereocenters. The number of nitrogens with one attached hydrogen (secondary N) is 2. The predicted octanol–water partition coefficient (Wildman–Crippen LogP) is 1.46. The topological polar surface area (TPSA) is 138 Å². The Kier molecular flexibility index (Phi) is 4.83. The molecule has 2 aromatic rings. The van der Waals surface area contributed by atoms with E-state index in [1.54, 1.807) is 11.1 Å². The summed E-state index contributed by atoms with van der Waals surface area (Å²) in [6, 6.07) is 3.11. The maximum absolute atomic E-state index is 11.5. The molecule has 1 heterocycles. The minimum Gasteiger partial charge on any atom is -0.504 e. The summed E-state index contributed by atoms with van der Waals surface area (Å²) in [5.74, 6) is 0.200. The van der Waals surface area contributed by atoms with Crippen LogP contribution in [0.3, 0.4) is 0 Å². The molecule has 0 amide bonds. The number of aromatic nitrogens is 2. The maximum Gasteiger partial charge on any atom is 0.357 e. The van der Waals surface area contributed by atoms with Gasteiger partial charge in [0.2, 0.25) is 0 Å². The molecule has 0 aliphatic carbocycles. The van der Waals surface area contributed by atoms with Crippen LogP contribution >= 0.6 is 22.6 Å². The van der Waals surface area contributed by atoms with Crippen molar-refractivity contribution in [2.75, 3.05) is 7.11 Å². The van der Waals surface area contributed by atoms with Crippen LogP contribution in [0.4, 0.5) is 5.69 Å². The van der Waals surface area contributed by atoms with Gasteiger partial charge in [-0.2, -0.15) is 0 Å². The second-order valence-electron chi connectivity index (χ2n) is 4.31. The Morgan fingerprint density at radius 3 is 2.61 bits per heavy atom. The SMILES string of the molecule is COc1cc(/C=C\c2[nH]c(=O)[nH]c(=O)c2[N+](=O)[O-])cc(I)c1O. The van der Waals surface area contributed by atoms with Crippen molar-refractivity contribution in [3.63, 3.8) is 0 Å². The number of nitrogens with zero attached hydrogens (tertiary/aromatic N) is 1. The van der Waals surface area contributed by atoms with Crippen molar-refractivity contribution >= 4 is 40.4 Å². The fourth-order valence-electron chi connectivity index (χ4n) is 1.82. The van der Waals surface area contributed by atoms with Crippen molar-refractivity contribution in [1.82, 2.24) is 9.97 Å². The molecule has 0 atom stereocenters. The number of hydrogen-bond acceptors (Lipinski definition) is 6. The summed E-state index contributed by atoms with van der Waals surface area (Å²) in [4.78, 5) is 36.8. The van der Waals surface area contributed by atoms with Crippen LogP contribution in [0.15, 0.2) is 21.7 Å². The monoisotopic (exact) mass is 431 g/mol. The Balaban J connectivity index is 2.53. The normalized spacial score (nSPS) is 10.9. The third-order valence-corrected chi connectivity index (χ3v) is 3.66. The Labute approximate surface area is 141 Å². The molecule has 0 aliphatic heterocycles. The van der Waals surface area contributed by atoms with Crippen LogP contribution in [0.5, 0.6) is 11.5 Å². The Hall–Kier alpha value is -2.63. The fourth-order valence-corrected chi connectivity index (χ4v) is 2.45. The van der Waals surface area contributed by atoms with Crippen LogP contribution in [0.1, 0.15) is 11.3 Å². The van der Waals surface area contributed by atoms with Crippen molar-refractivity contribution in [1.29, 1.82) is 0 Å². The van der Waals surface area contributed by atoms with Crippen LogP contribution < -0.4 is 16.0 Å². The van der Waals surface area contributed by atoms with E-state index in [-0.39, 0.29) is 17.2 Å². The highest BCUT2D eigenvalue weighted by Gasteiger charge is 2.18. The molecule has 0 bridgehead atoms. The van der Waals surface area contributed by atoms with Crippen molar-refractivity contribution in [3.05, 3.63) is 57.9 Å². The van der Waals surface area contributed by atoms with Crippen molar-refractivity contribution in [3.8, 4) is 11.5 Å². The maximum atomic E-state index is 11.5. The van der Waals surface area contributed by atoms with Gasteiger partial charge in [-0.1, -0.05) is 6.08 Å². The minimum atomic E-state index is -1.09. The first-order chi connectivity index (χ1) is 10.8. The molecule has 0 radical (unpaired) electrons. The van der Waals surface area contributed by atoms with Gasteiger partial charge in [0.05, 0.1) is 15.6 Å². The van der Waals surface area contributed by atoms with Gasteiger partial charge in [-0.05, 0) is 46.4 Å². The number of phenolic OH excluding ortho intramolecular Hbond substituents is 1. The number of phenols is 1. The third-order valence-electron chi connectivity index (χ3n) is 2.84. The minimum absolute atomic E-state index is 0.0270. The first-order valence-electron chi connectivity index (χ1n) is 6.09. The van der Waals surface area contributed by atoms with Crippen LogP contribution in [0, 0.1) is 13.7 Å². The van der Waals surface area contributed by atoms with Gasteiger partial charge in [0.1, 0.15) is 5.69 Å². The van der Waals surface area contributed by atoms with Gasteiger partial charge in [0.25, 0.3) is 0 Å². The molecule has 23 heavy (non-hydrogen) atoms. The number of halogens is 1. The molecule has 0 saturated carbocycles. The quantitative estimate of drug-likeness (QED) is 0.381. The van der Waals surface area contributed by atoms with Crippen LogP contribution in [-0.4, -0.2) is 27.1 Å². The zero-order valence-electron chi connectivity index (χ0n) is 11.6. The largest absolute Gasteiger partial charge is 0.504 e. The van der Waals surface area contributed by atoms with E-state index in [1.165, 1.54) is 25.3 Å². The lowest BCUT2D eigenvalue weighted by Crippen LogP contribution is -2.25. The molecule has 0 spiro atoms. The Morgan fingerprint density at radius 2 is 2.00 bits per heavy atom. The van der Waals surface area contributed by atoms with Crippen LogP contribution in [0.25, 0.3) is 12.2 Å². The first kappa shape index (κ1) is 16.7. The number of methoxy groups -OCH3 is 1. The molecule has 9 nitrogen and oxygen atoms in total. The van der Waals surface area contributed by atoms with Crippen LogP contribution in [-0.2, 0) is 0 Å². The number of H-pyrrole nitrogens is 2. The summed E-state index contributed by atoms with van der Waals surface area (Å²) in [6.45, 7) is 0. The summed E-state index contributed by atoms with van der Waals surface area (Å²) in [5, 5.41) is 20.7. The van der Waals surface area contributed by atoms with Gasteiger partial charge >= 0.3 is 16.9 Å². The molecular weight excluding hydrogens is 421 g/mol. The van der Waals surface area contributed by atoms with E-state index in [9.17, 15) is 24.8 Å².